The molecule has 6 nitrogen and oxygen atoms in total. The van der Waals surface area contributed by atoms with Crippen LogP contribution in [0, 0.1) is 0 Å². The van der Waals surface area contributed by atoms with Crippen molar-refractivity contribution in [2.24, 2.45) is 0 Å². The second kappa shape index (κ2) is 10.6. The predicted molar refractivity (Wildman–Crippen MR) is 94.0 cm³/mol. The zero-order valence-electron chi connectivity index (χ0n) is 12.6. The maximum atomic E-state index is 11.9. The van der Waals surface area contributed by atoms with Crippen LogP contribution in [-0.4, -0.2) is 50.7 Å². The summed E-state index contributed by atoms with van der Waals surface area (Å²) in [6, 6.07) is 7.24. The minimum absolute atomic E-state index is 0. The summed E-state index contributed by atoms with van der Waals surface area (Å²) in [4.78, 5) is 23.6. The van der Waals surface area contributed by atoms with Crippen LogP contribution in [0.4, 0.5) is 0 Å². The minimum Gasteiger partial charge on any atom is -0.378 e. The number of carbonyl (C=O) groups is 2. The Hall–Kier alpha value is -1.15. The molecule has 0 spiro atoms. The van der Waals surface area contributed by atoms with Gasteiger partial charge in [-0.3, -0.25) is 9.59 Å². The highest BCUT2D eigenvalue weighted by Crippen LogP contribution is 2.11. The smallest absolute Gasteiger partial charge is 0.251 e. The van der Waals surface area contributed by atoms with Crippen LogP contribution in [0.2, 0.25) is 0 Å². The van der Waals surface area contributed by atoms with Crippen molar-refractivity contribution in [3.05, 3.63) is 34.3 Å². The van der Waals surface area contributed by atoms with Gasteiger partial charge >= 0.3 is 0 Å². The summed E-state index contributed by atoms with van der Waals surface area (Å²) in [6.45, 7) is 2.84. The van der Waals surface area contributed by atoms with Crippen LogP contribution in [0.5, 0.6) is 0 Å². The predicted octanol–water partition coefficient (Wildman–Crippen LogP) is 1.10. The summed E-state index contributed by atoms with van der Waals surface area (Å²) in [5, 5.41) is 8.79. The van der Waals surface area contributed by atoms with Crippen LogP contribution >= 0.6 is 28.3 Å². The van der Waals surface area contributed by atoms with Gasteiger partial charge in [0.1, 0.15) is 0 Å². The Labute approximate surface area is 150 Å². The molecule has 3 N–H and O–H groups in total. The Morgan fingerprint density at radius 1 is 1.30 bits per heavy atom. The SMILES string of the molecule is Cl.O=C(CC1COCCN1)NCCNC(=O)c1cccc(Br)c1. The Morgan fingerprint density at radius 3 is 2.78 bits per heavy atom. The lowest BCUT2D eigenvalue weighted by molar-refractivity contribution is -0.122. The van der Waals surface area contributed by atoms with E-state index in [1.807, 2.05) is 6.07 Å². The first-order chi connectivity index (χ1) is 10.6. The molecule has 0 bridgehead atoms. The van der Waals surface area contributed by atoms with Gasteiger partial charge in [-0.25, -0.2) is 0 Å². The fourth-order valence-electron chi connectivity index (χ4n) is 2.16. The van der Waals surface area contributed by atoms with Gasteiger partial charge in [-0.2, -0.15) is 0 Å². The van der Waals surface area contributed by atoms with Crippen LogP contribution in [0.3, 0.4) is 0 Å². The molecule has 8 heteroatoms. The highest BCUT2D eigenvalue weighted by molar-refractivity contribution is 9.10. The maximum Gasteiger partial charge on any atom is 0.251 e. The lowest BCUT2D eigenvalue weighted by Crippen LogP contribution is -2.45. The number of nitrogens with one attached hydrogen (secondary N) is 3. The first kappa shape index (κ1) is 19.9. The first-order valence-corrected chi connectivity index (χ1v) is 8.06. The first-order valence-electron chi connectivity index (χ1n) is 7.27. The zero-order chi connectivity index (χ0) is 15.8. The molecular formula is C15H21BrClN3O3. The number of amides is 2. The molecule has 0 aliphatic carbocycles. The van der Waals surface area contributed by atoms with Gasteiger partial charge in [0, 0.05) is 42.1 Å². The van der Waals surface area contributed by atoms with Crippen molar-refractivity contribution in [1.29, 1.82) is 0 Å². The molecule has 1 aromatic carbocycles. The van der Waals surface area contributed by atoms with Gasteiger partial charge in [-0.15, -0.1) is 12.4 Å². The van der Waals surface area contributed by atoms with Gasteiger partial charge in [-0.05, 0) is 18.2 Å². The van der Waals surface area contributed by atoms with Gasteiger partial charge in [0.25, 0.3) is 5.91 Å². The molecule has 1 saturated heterocycles. The van der Waals surface area contributed by atoms with E-state index >= 15 is 0 Å². The van der Waals surface area contributed by atoms with E-state index in [1.54, 1.807) is 18.2 Å². The van der Waals surface area contributed by atoms with E-state index in [0.29, 0.717) is 38.3 Å². The van der Waals surface area contributed by atoms with Gasteiger partial charge in [0.2, 0.25) is 5.91 Å². The molecule has 0 saturated carbocycles. The van der Waals surface area contributed by atoms with Crippen molar-refractivity contribution >= 4 is 40.2 Å². The van der Waals surface area contributed by atoms with Crippen molar-refractivity contribution in [2.75, 3.05) is 32.8 Å². The molecule has 2 amide bonds. The van der Waals surface area contributed by atoms with Crippen molar-refractivity contribution in [1.82, 2.24) is 16.0 Å². The number of hydrogen-bond donors (Lipinski definition) is 3. The summed E-state index contributed by atoms with van der Waals surface area (Å²) < 4.78 is 6.15. The Morgan fingerprint density at radius 2 is 2.09 bits per heavy atom. The molecule has 0 radical (unpaired) electrons. The van der Waals surface area contributed by atoms with Crippen molar-refractivity contribution in [2.45, 2.75) is 12.5 Å². The van der Waals surface area contributed by atoms with E-state index in [0.717, 1.165) is 11.0 Å². The lowest BCUT2D eigenvalue weighted by atomic mass is 10.2. The topological polar surface area (TPSA) is 79.5 Å². The number of carbonyl (C=O) groups excluding carboxylic acids is 2. The van der Waals surface area contributed by atoms with E-state index in [-0.39, 0.29) is 30.3 Å². The second-order valence-corrected chi connectivity index (χ2v) is 5.96. The van der Waals surface area contributed by atoms with Crippen LogP contribution in [0.15, 0.2) is 28.7 Å². The third-order valence-corrected chi connectivity index (χ3v) is 3.74. The number of benzene rings is 1. The molecule has 2 rings (SSSR count). The Bertz CT molecular complexity index is 524. The van der Waals surface area contributed by atoms with Gasteiger partial charge < -0.3 is 20.7 Å². The zero-order valence-corrected chi connectivity index (χ0v) is 15.0. The van der Waals surface area contributed by atoms with Gasteiger partial charge in [0.05, 0.1) is 13.2 Å². The second-order valence-electron chi connectivity index (χ2n) is 5.05. The monoisotopic (exact) mass is 405 g/mol. The summed E-state index contributed by atoms with van der Waals surface area (Å²) in [7, 11) is 0. The number of ether oxygens (including phenoxy) is 1. The van der Waals surface area contributed by atoms with E-state index in [9.17, 15) is 9.59 Å². The van der Waals surface area contributed by atoms with E-state index < -0.39 is 0 Å². The van der Waals surface area contributed by atoms with E-state index in [2.05, 4.69) is 31.9 Å². The maximum absolute atomic E-state index is 11.9. The average molecular weight is 407 g/mol. The van der Waals surface area contributed by atoms with E-state index in [1.165, 1.54) is 0 Å². The summed E-state index contributed by atoms with van der Waals surface area (Å²) in [5.41, 5.74) is 0.587. The van der Waals surface area contributed by atoms with Crippen LogP contribution in [-0.2, 0) is 9.53 Å². The van der Waals surface area contributed by atoms with Crippen LogP contribution in [0.1, 0.15) is 16.8 Å². The third-order valence-electron chi connectivity index (χ3n) is 3.25. The third kappa shape index (κ3) is 7.30. The van der Waals surface area contributed by atoms with Crippen molar-refractivity contribution in [3.8, 4) is 0 Å². The molecule has 1 aliphatic heterocycles. The Kier molecular flexibility index (Phi) is 9.16. The van der Waals surface area contributed by atoms with Crippen LogP contribution < -0.4 is 16.0 Å². The quantitative estimate of drug-likeness (QED) is 0.618. The molecule has 0 aromatic heterocycles. The van der Waals surface area contributed by atoms with Gasteiger partial charge in [0.15, 0.2) is 0 Å². The average Bonchev–Trinajstić information content (AvgIpc) is 2.52. The molecule has 1 aromatic rings. The summed E-state index contributed by atoms with van der Waals surface area (Å²) in [5.74, 6) is -0.197. The molecule has 1 fully saturated rings. The highest BCUT2D eigenvalue weighted by atomic mass is 79.9. The standard InChI is InChI=1S/C15H20BrN3O3.ClH/c16-12-3-1-2-11(8-12)15(21)19-5-4-18-14(20)9-13-10-22-7-6-17-13;/h1-3,8,13,17H,4-7,9-10H2,(H,18,20)(H,19,21);1H. The normalized spacial score (nSPS) is 17.0. The van der Waals surface area contributed by atoms with Crippen molar-refractivity contribution < 1.29 is 14.3 Å². The summed E-state index contributed by atoms with van der Waals surface area (Å²) in [6.07, 6.45) is 0.388. The number of halogens is 2. The lowest BCUT2D eigenvalue weighted by Gasteiger charge is -2.23. The number of morpholine rings is 1. The molecule has 1 atom stereocenters. The fourth-order valence-corrected chi connectivity index (χ4v) is 2.56. The molecule has 1 heterocycles. The fraction of sp³-hybridized carbons (Fsp3) is 0.467. The highest BCUT2D eigenvalue weighted by Gasteiger charge is 2.16. The molecule has 23 heavy (non-hydrogen) atoms. The van der Waals surface area contributed by atoms with E-state index in [4.69, 9.17) is 4.74 Å². The van der Waals surface area contributed by atoms with Crippen molar-refractivity contribution in [3.63, 3.8) is 0 Å². The van der Waals surface area contributed by atoms with Gasteiger partial charge in [-0.1, -0.05) is 22.0 Å². The molecule has 1 aliphatic rings. The number of hydrogen-bond acceptors (Lipinski definition) is 4. The number of rotatable bonds is 6. The molecular weight excluding hydrogens is 386 g/mol. The largest absolute Gasteiger partial charge is 0.378 e. The minimum atomic E-state index is -0.155. The molecule has 1 unspecified atom stereocenters. The summed E-state index contributed by atoms with van der Waals surface area (Å²) >= 11 is 3.33. The Balaban J connectivity index is 0.00000264. The van der Waals surface area contributed by atoms with Crippen LogP contribution in [0.25, 0.3) is 0 Å². The molecule has 128 valence electrons.